The van der Waals surface area contributed by atoms with Gasteiger partial charge in [-0.25, -0.2) is 0 Å². The Hall–Kier alpha value is -4.06. The van der Waals surface area contributed by atoms with Gasteiger partial charge in [-0.15, -0.1) is 0 Å². The van der Waals surface area contributed by atoms with Crippen LogP contribution in [0.2, 0.25) is 0 Å². The van der Waals surface area contributed by atoms with E-state index in [4.69, 9.17) is 13.9 Å². The summed E-state index contributed by atoms with van der Waals surface area (Å²) in [6.45, 7) is 6.40. The van der Waals surface area contributed by atoms with E-state index in [9.17, 15) is 9.59 Å². The van der Waals surface area contributed by atoms with Crippen molar-refractivity contribution in [2.45, 2.75) is 33.2 Å². The van der Waals surface area contributed by atoms with Crippen LogP contribution in [0, 0.1) is 6.92 Å². The molecular formula is C29H27NO5. The zero-order valence-corrected chi connectivity index (χ0v) is 20.3. The summed E-state index contributed by atoms with van der Waals surface area (Å²) in [6.07, 6.45) is 0.888. The lowest BCUT2D eigenvalue weighted by molar-refractivity contribution is 0.0971. The van der Waals surface area contributed by atoms with E-state index in [1.165, 1.54) is 0 Å². The highest BCUT2D eigenvalue weighted by atomic mass is 16.5. The van der Waals surface area contributed by atoms with Gasteiger partial charge in [-0.3, -0.25) is 14.5 Å². The molecule has 1 atom stereocenters. The van der Waals surface area contributed by atoms with Crippen molar-refractivity contribution in [1.82, 2.24) is 0 Å². The Kier molecular flexibility index (Phi) is 5.81. The largest absolute Gasteiger partial charge is 0.493 e. The molecule has 35 heavy (non-hydrogen) atoms. The lowest BCUT2D eigenvalue weighted by Gasteiger charge is -2.26. The van der Waals surface area contributed by atoms with Crippen LogP contribution in [0.25, 0.3) is 11.0 Å². The second kappa shape index (κ2) is 8.95. The second-order valence-electron chi connectivity index (χ2n) is 8.61. The van der Waals surface area contributed by atoms with Crippen molar-refractivity contribution in [1.29, 1.82) is 0 Å². The average Bonchev–Trinajstić information content (AvgIpc) is 3.17. The molecule has 178 valence electrons. The van der Waals surface area contributed by atoms with E-state index in [1.807, 2.05) is 62.4 Å². The lowest BCUT2D eigenvalue weighted by Crippen LogP contribution is -2.29. The normalized spacial score (nSPS) is 14.9. The van der Waals surface area contributed by atoms with E-state index in [2.05, 4.69) is 6.92 Å². The Balaban J connectivity index is 1.77. The molecular weight excluding hydrogens is 442 g/mol. The minimum absolute atomic E-state index is 0.0729. The fraction of sp³-hybridized carbons (Fsp3) is 0.241. The van der Waals surface area contributed by atoms with Gasteiger partial charge in [0.25, 0.3) is 5.91 Å². The number of methoxy groups -OCH3 is 1. The smallest absolute Gasteiger partial charge is 0.295 e. The fourth-order valence-electron chi connectivity index (χ4n) is 4.69. The van der Waals surface area contributed by atoms with Crippen LogP contribution in [0.5, 0.6) is 11.5 Å². The number of nitrogens with zero attached hydrogens (tertiary/aromatic N) is 1. The van der Waals surface area contributed by atoms with Gasteiger partial charge in [-0.1, -0.05) is 36.8 Å². The zero-order valence-electron chi connectivity index (χ0n) is 20.3. The topological polar surface area (TPSA) is 69.0 Å². The molecule has 2 heterocycles. The number of rotatable bonds is 6. The van der Waals surface area contributed by atoms with Crippen LogP contribution in [-0.2, 0) is 6.42 Å². The molecule has 1 unspecified atom stereocenters. The van der Waals surface area contributed by atoms with E-state index >= 15 is 0 Å². The van der Waals surface area contributed by atoms with E-state index < -0.39 is 6.04 Å². The van der Waals surface area contributed by atoms with Crippen LogP contribution >= 0.6 is 0 Å². The maximum atomic E-state index is 13.8. The van der Waals surface area contributed by atoms with Crippen LogP contribution in [0.15, 0.2) is 69.9 Å². The number of anilines is 1. The van der Waals surface area contributed by atoms with Gasteiger partial charge < -0.3 is 13.9 Å². The van der Waals surface area contributed by atoms with Crippen molar-refractivity contribution in [3.05, 3.63) is 98.9 Å². The fourth-order valence-corrected chi connectivity index (χ4v) is 4.69. The van der Waals surface area contributed by atoms with Crippen LogP contribution < -0.4 is 19.8 Å². The van der Waals surface area contributed by atoms with Gasteiger partial charge in [-0.2, -0.15) is 0 Å². The Bertz CT molecular complexity index is 1490. The lowest BCUT2D eigenvalue weighted by atomic mass is 9.97. The van der Waals surface area contributed by atoms with E-state index in [0.29, 0.717) is 40.3 Å². The highest BCUT2D eigenvalue weighted by Crippen LogP contribution is 2.43. The quantitative estimate of drug-likeness (QED) is 0.356. The summed E-state index contributed by atoms with van der Waals surface area (Å²) < 4.78 is 17.3. The Morgan fingerprint density at radius 2 is 1.71 bits per heavy atom. The van der Waals surface area contributed by atoms with Gasteiger partial charge in [0.15, 0.2) is 16.9 Å². The van der Waals surface area contributed by atoms with Crippen LogP contribution in [0.3, 0.4) is 0 Å². The predicted octanol–water partition coefficient (Wildman–Crippen LogP) is 5.82. The van der Waals surface area contributed by atoms with Crippen molar-refractivity contribution in [2.24, 2.45) is 0 Å². The monoisotopic (exact) mass is 469 g/mol. The Morgan fingerprint density at radius 1 is 0.943 bits per heavy atom. The summed E-state index contributed by atoms with van der Waals surface area (Å²) in [6, 6.07) is 18.1. The maximum Gasteiger partial charge on any atom is 0.295 e. The minimum atomic E-state index is -0.671. The summed E-state index contributed by atoms with van der Waals surface area (Å²) in [5, 5.41) is 0.461. The number of carbonyl (C=O) groups excluding carboxylic acids is 1. The van der Waals surface area contributed by atoms with E-state index in [1.54, 1.807) is 24.1 Å². The first-order valence-corrected chi connectivity index (χ1v) is 11.8. The number of aryl methyl sites for hydroxylation is 2. The molecule has 6 nitrogen and oxygen atoms in total. The van der Waals surface area contributed by atoms with E-state index in [-0.39, 0.29) is 17.1 Å². The number of hydrogen-bond donors (Lipinski definition) is 0. The molecule has 3 aromatic carbocycles. The maximum absolute atomic E-state index is 13.8. The molecule has 1 amide bonds. The average molecular weight is 470 g/mol. The number of carbonyl (C=O) groups is 1. The molecule has 0 radical (unpaired) electrons. The van der Waals surface area contributed by atoms with Gasteiger partial charge in [0.1, 0.15) is 5.58 Å². The molecule has 4 aromatic rings. The molecule has 0 N–H and O–H groups in total. The van der Waals surface area contributed by atoms with Crippen molar-refractivity contribution in [3.63, 3.8) is 0 Å². The molecule has 0 bridgehead atoms. The summed E-state index contributed by atoms with van der Waals surface area (Å²) in [5.74, 6) is 0.862. The molecule has 0 spiro atoms. The molecule has 5 rings (SSSR count). The van der Waals surface area contributed by atoms with Crippen LogP contribution in [0.4, 0.5) is 5.69 Å². The Morgan fingerprint density at radius 3 is 2.40 bits per heavy atom. The summed E-state index contributed by atoms with van der Waals surface area (Å²) in [7, 11) is 1.57. The van der Waals surface area contributed by atoms with Crippen molar-refractivity contribution >= 4 is 22.6 Å². The number of ether oxygens (including phenoxy) is 2. The molecule has 6 heteroatoms. The molecule has 0 fully saturated rings. The standard InChI is InChI=1S/C29H27NO5/c1-5-18-8-11-20(12-9-18)30-26(19-10-14-23(34-6-2)24(16-19)33-4)25-27(31)21-15-17(3)7-13-22(21)35-28(25)29(30)32/h7-16,26H,5-6H2,1-4H3. The molecule has 0 saturated heterocycles. The molecule has 0 aliphatic carbocycles. The van der Waals surface area contributed by atoms with Crippen LogP contribution in [-0.4, -0.2) is 19.6 Å². The van der Waals surface area contributed by atoms with Crippen molar-refractivity contribution < 1.29 is 18.7 Å². The van der Waals surface area contributed by atoms with Gasteiger partial charge in [0, 0.05) is 5.69 Å². The van der Waals surface area contributed by atoms with Crippen LogP contribution in [0.1, 0.15) is 52.7 Å². The number of amides is 1. The first-order chi connectivity index (χ1) is 17.0. The highest BCUT2D eigenvalue weighted by Gasteiger charge is 2.44. The molecule has 0 saturated carbocycles. The minimum Gasteiger partial charge on any atom is -0.493 e. The highest BCUT2D eigenvalue weighted by molar-refractivity contribution is 6.10. The first kappa shape index (κ1) is 22.7. The van der Waals surface area contributed by atoms with Gasteiger partial charge in [0.2, 0.25) is 5.76 Å². The van der Waals surface area contributed by atoms with Gasteiger partial charge >= 0.3 is 0 Å². The molecule has 1 aromatic heterocycles. The van der Waals surface area contributed by atoms with Gasteiger partial charge in [0.05, 0.1) is 30.7 Å². The van der Waals surface area contributed by atoms with Crippen molar-refractivity contribution in [3.8, 4) is 11.5 Å². The molecule has 1 aliphatic heterocycles. The Labute approximate surface area is 203 Å². The third-order valence-electron chi connectivity index (χ3n) is 6.45. The van der Waals surface area contributed by atoms with Crippen molar-refractivity contribution in [2.75, 3.05) is 18.6 Å². The first-order valence-electron chi connectivity index (χ1n) is 11.8. The third-order valence-corrected chi connectivity index (χ3v) is 6.45. The summed E-state index contributed by atoms with van der Waals surface area (Å²) in [5.41, 5.74) is 4.06. The number of fused-ring (bicyclic) bond motifs is 2. The SMILES string of the molecule is CCOc1ccc(C2c3c(oc4ccc(C)cc4c3=O)C(=O)N2c2ccc(CC)cc2)cc1OC. The van der Waals surface area contributed by atoms with E-state index in [0.717, 1.165) is 23.1 Å². The number of hydrogen-bond acceptors (Lipinski definition) is 5. The predicted molar refractivity (Wildman–Crippen MR) is 136 cm³/mol. The second-order valence-corrected chi connectivity index (χ2v) is 8.61. The van der Waals surface area contributed by atoms with Gasteiger partial charge in [-0.05, 0) is 67.8 Å². The summed E-state index contributed by atoms with van der Waals surface area (Å²) >= 11 is 0. The third kappa shape index (κ3) is 3.75. The number of benzene rings is 3. The summed E-state index contributed by atoms with van der Waals surface area (Å²) in [4.78, 5) is 29.2. The molecule has 1 aliphatic rings. The zero-order chi connectivity index (χ0) is 24.7.